The van der Waals surface area contributed by atoms with Gasteiger partial charge in [-0.25, -0.2) is 9.79 Å². The Labute approximate surface area is 229 Å². The summed E-state index contributed by atoms with van der Waals surface area (Å²) in [5.74, 6) is 1.56. The lowest BCUT2D eigenvalue weighted by molar-refractivity contribution is 0.135. The first-order chi connectivity index (χ1) is 18.4. The van der Waals surface area contributed by atoms with Crippen molar-refractivity contribution in [3.8, 4) is 11.5 Å². The second kappa shape index (κ2) is 10.1. The van der Waals surface area contributed by atoms with Gasteiger partial charge < -0.3 is 19.8 Å². The maximum Gasteiger partial charge on any atom is 0.416 e. The van der Waals surface area contributed by atoms with Gasteiger partial charge in [0.2, 0.25) is 5.88 Å². The van der Waals surface area contributed by atoms with Crippen LogP contribution in [0.3, 0.4) is 0 Å². The van der Waals surface area contributed by atoms with E-state index in [1.807, 2.05) is 49.4 Å². The number of aromatic nitrogens is 1. The first-order valence-corrected chi connectivity index (χ1v) is 13.0. The summed E-state index contributed by atoms with van der Waals surface area (Å²) < 4.78 is 11.6. The van der Waals surface area contributed by atoms with Crippen LogP contribution < -0.4 is 14.8 Å². The average Bonchev–Trinajstić information content (AvgIpc) is 3.29. The molecule has 38 heavy (non-hydrogen) atoms. The highest BCUT2D eigenvalue weighted by molar-refractivity contribution is 6.31. The van der Waals surface area contributed by atoms with Crippen molar-refractivity contribution >= 4 is 46.4 Å². The van der Waals surface area contributed by atoms with Gasteiger partial charge in [0.25, 0.3) is 0 Å². The molecule has 1 aromatic heterocycles. The molecular weight excluding hydrogens is 523 g/mol. The summed E-state index contributed by atoms with van der Waals surface area (Å²) in [6.07, 6.45) is 3.76. The number of nitrogens with zero attached hydrogens (tertiary/aromatic N) is 2. The van der Waals surface area contributed by atoms with Gasteiger partial charge in [-0.05, 0) is 79.1 Å². The summed E-state index contributed by atoms with van der Waals surface area (Å²) in [5.41, 5.74) is 3.97. The number of rotatable bonds is 4. The largest absolute Gasteiger partial charge is 0.438 e. The SMILES string of the molecule is CC1C=NC(Oc2ccc([C@H]3c4[nH]c5ccc(Cl)cc5c4CCN3C(=O)Oc3ccc(Cl)cc3)cc2)=CN1. The number of nitrogens with one attached hydrogen (secondary N) is 2. The van der Waals surface area contributed by atoms with Gasteiger partial charge >= 0.3 is 6.09 Å². The lowest BCUT2D eigenvalue weighted by Crippen LogP contribution is -2.42. The van der Waals surface area contributed by atoms with Crippen molar-refractivity contribution in [2.24, 2.45) is 4.99 Å². The number of ether oxygens (including phenoxy) is 2. The number of aromatic amines is 1. The zero-order chi connectivity index (χ0) is 26.2. The number of carbonyl (C=O) groups excluding carboxylic acids is 1. The fourth-order valence-corrected chi connectivity index (χ4v) is 5.13. The molecule has 3 aromatic carbocycles. The minimum Gasteiger partial charge on any atom is -0.438 e. The van der Waals surface area contributed by atoms with Crippen LogP contribution in [-0.4, -0.2) is 34.8 Å². The van der Waals surface area contributed by atoms with Crippen molar-refractivity contribution in [3.63, 3.8) is 0 Å². The number of carbonyl (C=O) groups is 1. The van der Waals surface area contributed by atoms with Gasteiger partial charge in [0.05, 0.1) is 12.2 Å². The third-order valence-corrected chi connectivity index (χ3v) is 7.14. The molecule has 0 bridgehead atoms. The molecule has 6 rings (SSSR count). The van der Waals surface area contributed by atoms with E-state index in [0.29, 0.717) is 40.4 Å². The third-order valence-electron chi connectivity index (χ3n) is 6.66. The molecule has 0 radical (unpaired) electrons. The maximum atomic E-state index is 13.5. The summed E-state index contributed by atoms with van der Waals surface area (Å²) in [6, 6.07) is 20.0. The molecular formula is C29H24Cl2N4O3. The second-order valence-corrected chi connectivity index (χ2v) is 10.1. The highest BCUT2D eigenvalue weighted by Crippen LogP contribution is 2.40. The standard InChI is InChI=1S/C29H24Cl2N4O3/c1-17-15-33-26(16-32-17)37-21-7-2-18(3-8-21)28-27-23(24-14-20(31)6-11-25(24)34-27)12-13-35(28)29(36)38-22-9-4-19(30)5-10-22/h2-11,14-17,28,32,34H,12-13H2,1H3/t17?,28-/m0/s1. The van der Waals surface area contributed by atoms with Crippen molar-refractivity contribution in [2.45, 2.75) is 25.4 Å². The molecule has 2 atom stereocenters. The number of amides is 1. The van der Waals surface area contributed by atoms with Crippen molar-refractivity contribution in [1.82, 2.24) is 15.2 Å². The molecule has 1 unspecified atom stereocenters. The number of fused-ring (bicyclic) bond motifs is 3. The van der Waals surface area contributed by atoms with Crippen LogP contribution in [0.25, 0.3) is 10.9 Å². The lowest BCUT2D eigenvalue weighted by Gasteiger charge is -2.35. The van der Waals surface area contributed by atoms with Gasteiger partial charge in [-0.1, -0.05) is 35.3 Å². The monoisotopic (exact) mass is 546 g/mol. The van der Waals surface area contributed by atoms with Crippen molar-refractivity contribution in [3.05, 3.63) is 106 Å². The van der Waals surface area contributed by atoms with Gasteiger partial charge in [-0.3, -0.25) is 4.90 Å². The molecule has 2 aliphatic heterocycles. The van der Waals surface area contributed by atoms with E-state index in [-0.39, 0.29) is 6.04 Å². The minimum absolute atomic E-state index is 0.162. The van der Waals surface area contributed by atoms with Crippen molar-refractivity contribution < 1.29 is 14.3 Å². The first-order valence-electron chi connectivity index (χ1n) is 12.3. The highest BCUT2D eigenvalue weighted by Gasteiger charge is 2.35. The van der Waals surface area contributed by atoms with Crippen LogP contribution in [0.2, 0.25) is 10.0 Å². The first kappa shape index (κ1) is 24.4. The Morgan fingerprint density at radius 3 is 2.47 bits per heavy atom. The minimum atomic E-state index is -0.443. The van der Waals surface area contributed by atoms with E-state index in [0.717, 1.165) is 27.7 Å². The van der Waals surface area contributed by atoms with Crippen LogP contribution in [-0.2, 0) is 6.42 Å². The van der Waals surface area contributed by atoms with E-state index >= 15 is 0 Å². The molecule has 0 saturated carbocycles. The Hall–Kier alpha value is -3.94. The van der Waals surface area contributed by atoms with E-state index < -0.39 is 12.1 Å². The van der Waals surface area contributed by atoms with E-state index in [2.05, 4.69) is 15.3 Å². The fourth-order valence-electron chi connectivity index (χ4n) is 4.83. The van der Waals surface area contributed by atoms with Crippen LogP contribution in [0.1, 0.15) is 29.8 Å². The second-order valence-electron chi connectivity index (χ2n) is 9.26. The Morgan fingerprint density at radius 1 is 1.00 bits per heavy atom. The summed E-state index contributed by atoms with van der Waals surface area (Å²) in [7, 11) is 0. The Bertz CT molecular complexity index is 1560. The van der Waals surface area contributed by atoms with Crippen LogP contribution >= 0.6 is 23.2 Å². The Balaban J connectivity index is 1.34. The molecule has 0 saturated heterocycles. The zero-order valence-corrected chi connectivity index (χ0v) is 22.0. The summed E-state index contributed by atoms with van der Waals surface area (Å²) >= 11 is 12.3. The predicted molar refractivity (Wildman–Crippen MR) is 149 cm³/mol. The smallest absolute Gasteiger partial charge is 0.416 e. The Kier molecular flexibility index (Phi) is 6.47. The van der Waals surface area contributed by atoms with E-state index in [1.54, 1.807) is 41.6 Å². The predicted octanol–water partition coefficient (Wildman–Crippen LogP) is 6.86. The zero-order valence-electron chi connectivity index (χ0n) is 20.4. The van der Waals surface area contributed by atoms with Crippen LogP contribution in [0.4, 0.5) is 4.79 Å². The molecule has 2 aliphatic rings. The number of H-pyrrole nitrogens is 1. The Morgan fingerprint density at radius 2 is 1.74 bits per heavy atom. The van der Waals surface area contributed by atoms with Gasteiger partial charge in [0.1, 0.15) is 17.5 Å². The molecule has 2 N–H and O–H groups in total. The molecule has 0 spiro atoms. The molecule has 7 nitrogen and oxygen atoms in total. The normalized spacial score (nSPS) is 18.5. The third kappa shape index (κ3) is 4.83. The molecule has 9 heteroatoms. The molecule has 1 amide bonds. The number of hydrogen-bond donors (Lipinski definition) is 2. The summed E-state index contributed by atoms with van der Waals surface area (Å²) in [5, 5.41) is 5.48. The van der Waals surface area contributed by atoms with Crippen LogP contribution in [0.15, 0.2) is 83.8 Å². The van der Waals surface area contributed by atoms with E-state index in [9.17, 15) is 4.79 Å². The lowest BCUT2D eigenvalue weighted by atomic mass is 9.92. The van der Waals surface area contributed by atoms with Crippen molar-refractivity contribution in [2.75, 3.05) is 6.54 Å². The average molecular weight is 547 g/mol. The fraction of sp³-hybridized carbons (Fsp3) is 0.172. The number of hydrogen-bond acceptors (Lipinski definition) is 5. The number of benzene rings is 3. The molecule has 4 aromatic rings. The van der Waals surface area contributed by atoms with E-state index in [1.165, 1.54) is 0 Å². The van der Waals surface area contributed by atoms with Gasteiger partial charge in [-0.2, -0.15) is 0 Å². The van der Waals surface area contributed by atoms with Crippen molar-refractivity contribution in [1.29, 1.82) is 0 Å². The molecule has 0 aliphatic carbocycles. The quantitative estimate of drug-likeness (QED) is 0.293. The van der Waals surface area contributed by atoms with Gasteiger partial charge in [0, 0.05) is 39.4 Å². The van der Waals surface area contributed by atoms with Crippen LogP contribution in [0, 0.1) is 0 Å². The van der Waals surface area contributed by atoms with Gasteiger partial charge in [-0.15, -0.1) is 0 Å². The van der Waals surface area contributed by atoms with Crippen LogP contribution in [0.5, 0.6) is 11.5 Å². The molecule has 3 heterocycles. The molecule has 0 fully saturated rings. The topological polar surface area (TPSA) is 79.0 Å². The summed E-state index contributed by atoms with van der Waals surface area (Å²) in [4.78, 5) is 23.0. The molecule has 192 valence electrons. The summed E-state index contributed by atoms with van der Waals surface area (Å²) in [6.45, 7) is 2.49. The highest BCUT2D eigenvalue weighted by atomic mass is 35.5. The number of aliphatic imine (C=N–C) groups is 1. The maximum absolute atomic E-state index is 13.5. The van der Waals surface area contributed by atoms with E-state index in [4.69, 9.17) is 32.7 Å². The van der Waals surface area contributed by atoms with Gasteiger partial charge in [0.15, 0.2) is 0 Å². The number of halogens is 2.